The lowest BCUT2D eigenvalue weighted by Crippen LogP contribution is -2.26. The first-order valence-corrected chi connectivity index (χ1v) is 5.29. The molecule has 0 aliphatic heterocycles. The molecule has 1 aromatic carbocycles. The topological polar surface area (TPSA) is 98.3 Å². The maximum Gasteiger partial charge on any atom is 0.269 e. The second-order valence-electron chi connectivity index (χ2n) is 3.65. The van der Waals surface area contributed by atoms with Gasteiger partial charge in [-0.1, -0.05) is 0 Å². The van der Waals surface area contributed by atoms with Gasteiger partial charge in [-0.2, -0.15) is 0 Å². The molecule has 0 aromatic heterocycles. The number of nitro benzene ring substituents is 1. The fourth-order valence-corrected chi connectivity index (χ4v) is 1.42. The third-order valence-electron chi connectivity index (χ3n) is 2.33. The average molecular weight is 274 g/mol. The summed E-state index contributed by atoms with van der Waals surface area (Å²) in [6.07, 6.45) is 0.706. The fourth-order valence-electron chi connectivity index (χ4n) is 1.42. The number of nitrogens with two attached hydrogens (primary N) is 1. The van der Waals surface area contributed by atoms with Crippen LogP contribution in [0.15, 0.2) is 18.2 Å². The minimum atomic E-state index is -0.483. The van der Waals surface area contributed by atoms with Gasteiger partial charge in [-0.05, 0) is 31.5 Å². The third kappa shape index (κ3) is 4.31. The molecule has 1 amide bonds. The molecule has 6 nitrogen and oxygen atoms in total. The van der Waals surface area contributed by atoms with E-state index in [4.69, 9.17) is 5.73 Å². The quantitative estimate of drug-likeness (QED) is 0.481. The molecule has 0 saturated carbocycles. The van der Waals surface area contributed by atoms with Crippen LogP contribution < -0.4 is 11.1 Å². The molecule has 0 aliphatic carbocycles. The van der Waals surface area contributed by atoms with Crippen LogP contribution in [0.5, 0.6) is 0 Å². The van der Waals surface area contributed by atoms with Crippen molar-refractivity contribution in [2.24, 2.45) is 5.73 Å². The molecule has 0 heterocycles. The Bertz CT molecular complexity index is 438. The molecule has 0 saturated heterocycles. The molecule has 0 aliphatic rings. The number of hydrogen-bond donors (Lipinski definition) is 2. The van der Waals surface area contributed by atoms with E-state index in [1.807, 2.05) is 0 Å². The van der Waals surface area contributed by atoms with Crippen molar-refractivity contribution < 1.29 is 9.72 Å². The first-order valence-electron chi connectivity index (χ1n) is 5.29. The molecule has 0 radical (unpaired) electrons. The van der Waals surface area contributed by atoms with E-state index in [2.05, 4.69) is 5.32 Å². The number of nitrogens with zero attached hydrogens (tertiary/aromatic N) is 1. The monoisotopic (exact) mass is 273 g/mol. The Labute approximate surface area is 111 Å². The summed E-state index contributed by atoms with van der Waals surface area (Å²) in [6.45, 7) is 2.69. The molecule has 0 unspecified atom stereocenters. The van der Waals surface area contributed by atoms with Gasteiger partial charge in [0.15, 0.2) is 0 Å². The average Bonchev–Trinajstić information content (AvgIpc) is 2.28. The summed E-state index contributed by atoms with van der Waals surface area (Å²) in [4.78, 5) is 21.8. The lowest BCUT2D eigenvalue weighted by molar-refractivity contribution is -0.384. The zero-order valence-corrected chi connectivity index (χ0v) is 10.8. The molecule has 7 heteroatoms. The SMILES string of the molecule is Cc1cc([N+](=O)[O-])ccc1C(=O)NCCCN.Cl. The number of carbonyl (C=O) groups excluding carboxylic acids is 1. The van der Waals surface area contributed by atoms with Gasteiger partial charge in [0.2, 0.25) is 0 Å². The second-order valence-corrected chi connectivity index (χ2v) is 3.65. The highest BCUT2D eigenvalue weighted by molar-refractivity contribution is 5.95. The summed E-state index contributed by atoms with van der Waals surface area (Å²) in [5, 5.41) is 13.2. The smallest absolute Gasteiger partial charge is 0.269 e. The summed E-state index contributed by atoms with van der Waals surface area (Å²) < 4.78 is 0. The summed E-state index contributed by atoms with van der Waals surface area (Å²) >= 11 is 0. The number of hydrogen-bond acceptors (Lipinski definition) is 4. The van der Waals surface area contributed by atoms with Gasteiger partial charge in [-0.3, -0.25) is 14.9 Å². The van der Waals surface area contributed by atoms with Gasteiger partial charge in [0.25, 0.3) is 11.6 Å². The van der Waals surface area contributed by atoms with E-state index < -0.39 is 4.92 Å². The van der Waals surface area contributed by atoms with Gasteiger partial charge in [0.1, 0.15) is 0 Å². The Morgan fingerprint density at radius 3 is 2.67 bits per heavy atom. The molecule has 100 valence electrons. The van der Waals surface area contributed by atoms with Gasteiger partial charge < -0.3 is 11.1 Å². The van der Waals surface area contributed by atoms with Crippen LogP contribution in [0.2, 0.25) is 0 Å². The molecule has 1 aromatic rings. The first-order chi connectivity index (χ1) is 8.06. The Balaban J connectivity index is 0.00000289. The highest BCUT2D eigenvalue weighted by Gasteiger charge is 2.12. The highest BCUT2D eigenvalue weighted by Crippen LogP contribution is 2.16. The number of aryl methyl sites for hydroxylation is 1. The number of non-ortho nitro benzene ring substituents is 1. The number of halogens is 1. The lowest BCUT2D eigenvalue weighted by Gasteiger charge is -2.06. The van der Waals surface area contributed by atoms with Crippen molar-refractivity contribution in [3.05, 3.63) is 39.4 Å². The predicted octanol–water partition coefficient (Wildman–Crippen LogP) is 1.40. The van der Waals surface area contributed by atoms with Crippen LogP contribution in [0.1, 0.15) is 22.3 Å². The number of nitrogens with one attached hydrogen (secondary N) is 1. The zero-order valence-electron chi connectivity index (χ0n) is 10.0. The van der Waals surface area contributed by atoms with E-state index in [1.165, 1.54) is 18.2 Å². The lowest BCUT2D eigenvalue weighted by atomic mass is 10.1. The number of nitro groups is 1. The van der Waals surface area contributed by atoms with E-state index in [9.17, 15) is 14.9 Å². The van der Waals surface area contributed by atoms with Gasteiger partial charge in [-0.25, -0.2) is 0 Å². The van der Waals surface area contributed by atoms with Gasteiger partial charge >= 0.3 is 0 Å². The van der Waals surface area contributed by atoms with Crippen LogP contribution in [0.4, 0.5) is 5.69 Å². The van der Waals surface area contributed by atoms with Crippen molar-refractivity contribution in [1.29, 1.82) is 0 Å². The summed E-state index contributed by atoms with van der Waals surface area (Å²) in [7, 11) is 0. The molecule has 3 N–H and O–H groups in total. The standard InChI is InChI=1S/C11H15N3O3.ClH/c1-8-7-9(14(16)17)3-4-10(8)11(15)13-6-2-5-12;/h3-4,7H,2,5-6,12H2,1H3,(H,13,15);1H. The van der Waals surface area contributed by atoms with Gasteiger partial charge in [0, 0.05) is 24.2 Å². The van der Waals surface area contributed by atoms with E-state index in [0.29, 0.717) is 30.6 Å². The van der Waals surface area contributed by atoms with Crippen LogP contribution >= 0.6 is 12.4 Å². The molecule has 0 fully saturated rings. The maximum absolute atomic E-state index is 11.7. The second kappa shape index (κ2) is 7.62. The molecule has 0 bridgehead atoms. The van der Waals surface area contributed by atoms with Gasteiger partial charge in [0.05, 0.1) is 4.92 Å². The largest absolute Gasteiger partial charge is 0.352 e. The molecular weight excluding hydrogens is 258 g/mol. The van der Waals surface area contributed by atoms with Crippen molar-refractivity contribution in [2.75, 3.05) is 13.1 Å². The number of carbonyl (C=O) groups is 1. The molecule has 1 rings (SSSR count). The van der Waals surface area contributed by atoms with Crippen molar-refractivity contribution in [3.63, 3.8) is 0 Å². The van der Waals surface area contributed by atoms with Crippen molar-refractivity contribution in [1.82, 2.24) is 5.32 Å². The Morgan fingerprint density at radius 2 is 2.17 bits per heavy atom. The first kappa shape index (κ1) is 16.3. The minimum absolute atomic E-state index is 0. The Kier molecular flexibility index (Phi) is 6.92. The Morgan fingerprint density at radius 1 is 1.50 bits per heavy atom. The predicted molar refractivity (Wildman–Crippen MR) is 71.1 cm³/mol. The maximum atomic E-state index is 11.7. The van der Waals surface area contributed by atoms with Crippen molar-refractivity contribution in [3.8, 4) is 0 Å². The van der Waals surface area contributed by atoms with Crippen LogP contribution in [-0.4, -0.2) is 23.9 Å². The number of rotatable bonds is 5. The van der Waals surface area contributed by atoms with Crippen molar-refractivity contribution in [2.45, 2.75) is 13.3 Å². The molecular formula is C11H16ClN3O3. The number of amides is 1. The zero-order chi connectivity index (χ0) is 12.8. The number of benzene rings is 1. The summed E-state index contributed by atoms with van der Waals surface area (Å²) in [5.41, 5.74) is 6.34. The molecule has 0 spiro atoms. The third-order valence-corrected chi connectivity index (χ3v) is 2.33. The van der Waals surface area contributed by atoms with Gasteiger partial charge in [-0.15, -0.1) is 12.4 Å². The molecule has 18 heavy (non-hydrogen) atoms. The summed E-state index contributed by atoms with van der Waals surface area (Å²) in [5.74, 6) is -0.231. The van der Waals surface area contributed by atoms with Crippen LogP contribution in [0, 0.1) is 17.0 Å². The van der Waals surface area contributed by atoms with Crippen LogP contribution in [-0.2, 0) is 0 Å². The van der Waals surface area contributed by atoms with E-state index in [0.717, 1.165) is 0 Å². The van der Waals surface area contributed by atoms with Crippen molar-refractivity contribution >= 4 is 24.0 Å². The minimum Gasteiger partial charge on any atom is -0.352 e. The van der Waals surface area contributed by atoms with E-state index in [-0.39, 0.29) is 24.0 Å². The molecule has 0 atom stereocenters. The van der Waals surface area contributed by atoms with Crippen LogP contribution in [0.25, 0.3) is 0 Å². The fraction of sp³-hybridized carbons (Fsp3) is 0.364. The highest BCUT2D eigenvalue weighted by atomic mass is 35.5. The normalized spacial score (nSPS) is 9.44. The van der Waals surface area contributed by atoms with Crippen LogP contribution in [0.3, 0.4) is 0 Å². The van der Waals surface area contributed by atoms with E-state index in [1.54, 1.807) is 6.92 Å². The summed E-state index contributed by atoms with van der Waals surface area (Å²) in [6, 6.07) is 4.17. The Hall–Kier alpha value is -1.66. The van der Waals surface area contributed by atoms with E-state index >= 15 is 0 Å².